The summed E-state index contributed by atoms with van der Waals surface area (Å²) in [6.07, 6.45) is 2.63. The van der Waals surface area contributed by atoms with Crippen LogP contribution in [0.1, 0.15) is 32.9 Å². The van der Waals surface area contributed by atoms with Gasteiger partial charge in [-0.15, -0.1) is 0 Å². The van der Waals surface area contributed by atoms with Crippen LogP contribution in [0.3, 0.4) is 0 Å². The number of ether oxygens (including phenoxy) is 1. The molecule has 4 rings (SSSR count). The highest BCUT2D eigenvalue weighted by Crippen LogP contribution is 2.31. The maximum absolute atomic E-state index is 13.6. The molecule has 0 aliphatic carbocycles. The van der Waals surface area contributed by atoms with E-state index in [9.17, 15) is 9.18 Å². The molecule has 0 fully saturated rings. The summed E-state index contributed by atoms with van der Waals surface area (Å²) in [6, 6.07) is 12.5. The van der Waals surface area contributed by atoms with Crippen molar-refractivity contribution in [1.29, 1.82) is 0 Å². The lowest BCUT2D eigenvalue weighted by Crippen LogP contribution is -2.39. The van der Waals surface area contributed by atoms with E-state index in [0.717, 1.165) is 39.7 Å². The molecule has 5 nitrogen and oxygen atoms in total. The zero-order valence-corrected chi connectivity index (χ0v) is 17.8. The van der Waals surface area contributed by atoms with Gasteiger partial charge in [-0.3, -0.25) is 4.68 Å². The molecule has 156 valence electrons. The first-order valence-corrected chi connectivity index (χ1v) is 10.1. The third-order valence-corrected chi connectivity index (χ3v) is 5.10. The van der Waals surface area contributed by atoms with Crippen molar-refractivity contribution in [2.45, 2.75) is 32.8 Å². The normalized spacial score (nSPS) is 14.7. The van der Waals surface area contributed by atoms with Crippen molar-refractivity contribution in [3.05, 3.63) is 60.1 Å². The fourth-order valence-electron chi connectivity index (χ4n) is 3.83. The van der Waals surface area contributed by atoms with Gasteiger partial charge in [-0.05, 0) is 68.2 Å². The number of hydrogen-bond donors (Lipinski definition) is 0. The van der Waals surface area contributed by atoms with Crippen molar-refractivity contribution < 1.29 is 13.9 Å². The molecule has 30 heavy (non-hydrogen) atoms. The lowest BCUT2D eigenvalue weighted by molar-refractivity contribution is 0.0273. The summed E-state index contributed by atoms with van der Waals surface area (Å²) in [4.78, 5) is 14.3. The van der Waals surface area contributed by atoms with Crippen molar-refractivity contribution in [2.24, 2.45) is 7.05 Å². The molecule has 0 spiro atoms. The predicted octanol–water partition coefficient (Wildman–Crippen LogP) is 5.40. The van der Waals surface area contributed by atoms with Gasteiger partial charge in [-0.1, -0.05) is 24.3 Å². The van der Waals surface area contributed by atoms with E-state index in [0.29, 0.717) is 13.1 Å². The van der Waals surface area contributed by atoms with Crippen LogP contribution in [0, 0.1) is 5.82 Å². The second-order valence-electron chi connectivity index (χ2n) is 8.63. The van der Waals surface area contributed by atoms with E-state index in [1.54, 1.807) is 11.0 Å². The molecular weight excluding hydrogens is 381 g/mol. The molecule has 0 bridgehead atoms. The van der Waals surface area contributed by atoms with Crippen molar-refractivity contribution in [3.8, 4) is 11.1 Å². The second kappa shape index (κ2) is 7.59. The number of aryl methyl sites for hydroxylation is 1. The molecule has 0 unspecified atom stereocenters. The first kappa shape index (κ1) is 20.1. The Hall–Kier alpha value is -3.15. The molecule has 3 aromatic rings. The Kier molecular flexibility index (Phi) is 5.10. The van der Waals surface area contributed by atoms with E-state index >= 15 is 0 Å². The van der Waals surface area contributed by atoms with Gasteiger partial charge >= 0.3 is 6.09 Å². The van der Waals surface area contributed by atoms with E-state index in [1.807, 2.05) is 56.8 Å². The van der Waals surface area contributed by atoms with E-state index < -0.39 is 5.60 Å². The van der Waals surface area contributed by atoms with E-state index in [1.165, 1.54) is 12.1 Å². The van der Waals surface area contributed by atoms with Gasteiger partial charge in [0.15, 0.2) is 0 Å². The summed E-state index contributed by atoms with van der Waals surface area (Å²) in [5.74, 6) is -0.260. The Bertz CT molecular complexity index is 1140. The minimum atomic E-state index is -0.523. The van der Waals surface area contributed by atoms with Crippen molar-refractivity contribution in [3.63, 3.8) is 0 Å². The van der Waals surface area contributed by atoms with Crippen molar-refractivity contribution in [2.75, 3.05) is 13.1 Å². The van der Waals surface area contributed by atoms with E-state index in [4.69, 9.17) is 4.74 Å². The maximum atomic E-state index is 13.6. The predicted molar refractivity (Wildman–Crippen MR) is 117 cm³/mol. The highest BCUT2D eigenvalue weighted by Gasteiger charge is 2.26. The fourth-order valence-corrected chi connectivity index (χ4v) is 3.83. The fraction of sp³-hybridized carbons (Fsp3) is 0.333. The van der Waals surface area contributed by atoms with Gasteiger partial charge in [0.25, 0.3) is 0 Å². The van der Waals surface area contributed by atoms with Crippen LogP contribution in [0.4, 0.5) is 9.18 Å². The molecule has 1 amide bonds. The topological polar surface area (TPSA) is 47.4 Å². The number of halogens is 1. The van der Waals surface area contributed by atoms with Crippen molar-refractivity contribution in [1.82, 2.24) is 14.7 Å². The number of aromatic nitrogens is 2. The van der Waals surface area contributed by atoms with Crippen molar-refractivity contribution >= 4 is 22.6 Å². The molecular formula is C24H26FN3O2. The van der Waals surface area contributed by atoms with Gasteiger partial charge in [0, 0.05) is 19.0 Å². The third kappa shape index (κ3) is 4.08. The monoisotopic (exact) mass is 407 g/mol. The van der Waals surface area contributed by atoms with E-state index in [-0.39, 0.29) is 11.9 Å². The molecule has 1 aliphatic rings. The highest BCUT2D eigenvalue weighted by molar-refractivity contribution is 5.94. The van der Waals surface area contributed by atoms with Crippen LogP contribution in [0.15, 0.2) is 48.5 Å². The lowest BCUT2D eigenvalue weighted by Gasteiger charge is -2.30. The summed E-state index contributed by atoms with van der Waals surface area (Å²) in [7, 11) is 1.91. The number of hydrogen-bond acceptors (Lipinski definition) is 3. The molecule has 0 atom stereocenters. The molecule has 2 heterocycles. The number of amides is 1. The van der Waals surface area contributed by atoms with Gasteiger partial charge in [0.2, 0.25) is 0 Å². The third-order valence-electron chi connectivity index (χ3n) is 5.10. The first-order valence-electron chi connectivity index (χ1n) is 10.1. The highest BCUT2D eigenvalue weighted by atomic mass is 19.1. The van der Waals surface area contributed by atoms with Crippen LogP contribution in [-0.4, -0.2) is 39.5 Å². The molecule has 0 saturated carbocycles. The molecule has 0 radical (unpaired) electrons. The van der Waals surface area contributed by atoms with Crippen LogP contribution >= 0.6 is 0 Å². The molecule has 0 N–H and O–H groups in total. The summed E-state index contributed by atoms with van der Waals surface area (Å²) in [5, 5.41) is 5.68. The number of fused-ring (bicyclic) bond motifs is 1. The Labute approximate surface area is 175 Å². The SMILES string of the molecule is Cn1nc2cc(-c3cccc(F)c3)ccc2c1C1=CCCN(C(=O)OC(C)(C)C)C1. The maximum Gasteiger partial charge on any atom is 0.410 e. The second-order valence-corrected chi connectivity index (χ2v) is 8.63. The number of carbonyl (C=O) groups excluding carboxylic acids is 1. The van der Waals surface area contributed by atoms with Crippen LogP contribution in [0.5, 0.6) is 0 Å². The average Bonchev–Trinajstić information content (AvgIpc) is 3.01. The number of nitrogens with zero attached hydrogens (tertiary/aromatic N) is 3. The smallest absolute Gasteiger partial charge is 0.410 e. The Morgan fingerprint density at radius 2 is 1.90 bits per heavy atom. The van der Waals surface area contributed by atoms with Crippen LogP contribution < -0.4 is 0 Å². The molecule has 1 aromatic heterocycles. The Morgan fingerprint density at radius 3 is 2.63 bits per heavy atom. The average molecular weight is 407 g/mol. The largest absolute Gasteiger partial charge is 0.444 e. The Morgan fingerprint density at radius 1 is 1.13 bits per heavy atom. The lowest BCUT2D eigenvalue weighted by atomic mass is 10.00. The number of rotatable bonds is 2. The standard InChI is InChI=1S/C24H26FN3O2/c1-24(2,3)30-23(29)28-12-6-8-18(15-28)22-20-11-10-17(14-21(20)26-27(22)4)16-7-5-9-19(25)13-16/h5,7-11,13-14H,6,12,15H2,1-4H3. The molecule has 6 heteroatoms. The zero-order valence-electron chi connectivity index (χ0n) is 17.8. The molecule has 0 saturated heterocycles. The summed E-state index contributed by atoms with van der Waals surface area (Å²) < 4.78 is 21.0. The summed E-state index contributed by atoms with van der Waals surface area (Å²) >= 11 is 0. The quantitative estimate of drug-likeness (QED) is 0.571. The van der Waals surface area contributed by atoms with Gasteiger partial charge in [0.1, 0.15) is 11.4 Å². The molecule has 1 aliphatic heterocycles. The Balaban J connectivity index is 1.65. The zero-order chi connectivity index (χ0) is 21.5. The van der Waals surface area contributed by atoms with Gasteiger partial charge in [-0.25, -0.2) is 9.18 Å². The minimum Gasteiger partial charge on any atom is -0.444 e. The van der Waals surface area contributed by atoms with Gasteiger partial charge in [-0.2, -0.15) is 5.10 Å². The summed E-state index contributed by atoms with van der Waals surface area (Å²) in [5.41, 5.74) is 4.09. The minimum absolute atomic E-state index is 0.260. The van der Waals surface area contributed by atoms with Crippen LogP contribution in [-0.2, 0) is 11.8 Å². The van der Waals surface area contributed by atoms with Crippen LogP contribution in [0.2, 0.25) is 0 Å². The molecule has 2 aromatic carbocycles. The van der Waals surface area contributed by atoms with Gasteiger partial charge < -0.3 is 9.64 Å². The summed E-state index contributed by atoms with van der Waals surface area (Å²) in [6.45, 7) is 6.73. The number of carbonyl (C=O) groups is 1. The first-order chi connectivity index (χ1) is 14.2. The number of benzene rings is 2. The van der Waals surface area contributed by atoms with Crippen LogP contribution in [0.25, 0.3) is 27.6 Å². The van der Waals surface area contributed by atoms with E-state index in [2.05, 4.69) is 11.2 Å². The van der Waals surface area contributed by atoms with Gasteiger partial charge in [0.05, 0.1) is 17.8 Å².